The molecule has 0 saturated heterocycles. The van der Waals surface area contributed by atoms with E-state index in [4.69, 9.17) is 5.26 Å². The van der Waals surface area contributed by atoms with Crippen LogP contribution >= 0.6 is 0 Å². The van der Waals surface area contributed by atoms with Gasteiger partial charge in [-0.15, -0.1) is 0 Å². The Morgan fingerprint density at radius 1 is 1.21 bits per heavy atom. The van der Waals surface area contributed by atoms with Crippen LogP contribution in [0.4, 0.5) is 10.1 Å². The van der Waals surface area contributed by atoms with Crippen LogP contribution in [0.3, 0.4) is 0 Å². The molecule has 1 saturated carbocycles. The van der Waals surface area contributed by atoms with Crippen LogP contribution < -0.4 is 16.3 Å². The Balaban J connectivity index is 1.20. The van der Waals surface area contributed by atoms with Gasteiger partial charge < -0.3 is 5.32 Å². The molecule has 0 radical (unpaired) electrons. The topological polar surface area (TPSA) is 90.6 Å². The Hall–Kier alpha value is -3.18. The second-order valence-corrected chi connectivity index (χ2v) is 7.88. The molecule has 4 aliphatic rings. The lowest BCUT2D eigenvalue weighted by Crippen LogP contribution is -2.31. The number of nitriles is 1. The molecular weight excluding hydrogens is 369 g/mol. The van der Waals surface area contributed by atoms with Crippen molar-refractivity contribution in [2.45, 2.75) is 31.7 Å². The predicted octanol–water partition coefficient (Wildman–Crippen LogP) is 3.41. The van der Waals surface area contributed by atoms with Crippen molar-refractivity contribution in [2.24, 2.45) is 11.8 Å². The Bertz CT molecular complexity index is 1030. The minimum Gasteiger partial charge on any atom is -0.385 e. The summed E-state index contributed by atoms with van der Waals surface area (Å²) in [4.78, 5) is 8.70. The normalized spacial score (nSPS) is 23.4. The Morgan fingerprint density at radius 3 is 2.90 bits per heavy atom. The van der Waals surface area contributed by atoms with Crippen molar-refractivity contribution in [3.63, 3.8) is 0 Å². The maximum atomic E-state index is 13.5. The molecule has 5 rings (SSSR count). The van der Waals surface area contributed by atoms with Gasteiger partial charge >= 0.3 is 0 Å². The van der Waals surface area contributed by atoms with Gasteiger partial charge in [0, 0.05) is 24.0 Å². The molecule has 0 amide bonds. The van der Waals surface area contributed by atoms with Crippen molar-refractivity contribution < 1.29 is 4.39 Å². The average Bonchev–Trinajstić information content (AvgIpc) is 3.40. The van der Waals surface area contributed by atoms with E-state index in [9.17, 15) is 4.39 Å². The lowest BCUT2D eigenvalue weighted by Gasteiger charge is -2.32. The highest BCUT2D eigenvalue weighted by Gasteiger charge is 2.35. The number of fused-ring (bicyclic) bond motifs is 3. The van der Waals surface area contributed by atoms with E-state index in [2.05, 4.69) is 26.2 Å². The predicted molar refractivity (Wildman–Crippen MR) is 107 cm³/mol. The van der Waals surface area contributed by atoms with E-state index < -0.39 is 5.82 Å². The molecule has 3 aliphatic heterocycles. The smallest absolute Gasteiger partial charge is 0.162 e. The summed E-state index contributed by atoms with van der Waals surface area (Å²) in [6.45, 7) is 0.839. The number of nitrogens with zero attached hydrogens (tertiary/aromatic N) is 4. The van der Waals surface area contributed by atoms with Crippen LogP contribution in [0.15, 0.2) is 36.8 Å². The molecule has 1 aromatic rings. The lowest BCUT2D eigenvalue weighted by molar-refractivity contribution is 0.239. The lowest BCUT2D eigenvalue weighted by atomic mass is 9.77. The van der Waals surface area contributed by atoms with Gasteiger partial charge in [-0.25, -0.2) is 24.5 Å². The molecule has 0 aromatic heterocycles. The molecular formula is C21H22FN7. The molecule has 8 heteroatoms. The number of hydrazine groups is 1. The van der Waals surface area contributed by atoms with Crippen LogP contribution in [0.1, 0.15) is 43.0 Å². The number of hydrogen-bond acceptors (Lipinski definition) is 6. The molecule has 7 nitrogen and oxygen atoms in total. The molecule has 0 spiro atoms. The van der Waals surface area contributed by atoms with E-state index in [1.165, 1.54) is 11.8 Å². The summed E-state index contributed by atoms with van der Waals surface area (Å²) in [5.74, 6) is 1.43. The SMILES string of the molecule is N#Cc1cc(NCC2CCC(C3NNn4cnc5nccc-5c43)CC2)ccc1F. The largest absolute Gasteiger partial charge is 0.385 e. The molecule has 29 heavy (non-hydrogen) atoms. The third-order valence-electron chi connectivity index (χ3n) is 6.19. The first kappa shape index (κ1) is 17.9. The second-order valence-electron chi connectivity index (χ2n) is 7.88. The van der Waals surface area contributed by atoms with E-state index in [1.54, 1.807) is 18.5 Å². The van der Waals surface area contributed by atoms with Crippen LogP contribution in [0, 0.1) is 29.0 Å². The van der Waals surface area contributed by atoms with Crippen LogP contribution in [-0.4, -0.2) is 21.2 Å². The fourth-order valence-corrected chi connectivity index (χ4v) is 4.60. The first-order chi connectivity index (χ1) is 14.2. The van der Waals surface area contributed by atoms with Crippen molar-refractivity contribution >= 4 is 5.69 Å². The molecule has 1 atom stereocenters. The Morgan fingerprint density at radius 2 is 2.07 bits per heavy atom. The van der Waals surface area contributed by atoms with Gasteiger partial charge in [0.05, 0.1) is 17.3 Å². The zero-order valence-electron chi connectivity index (χ0n) is 15.9. The number of halogens is 1. The Kier molecular flexibility index (Phi) is 4.52. The number of anilines is 1. The number of rotatable bonds is 4. The summed E-state index contributed by atoms with van der Waals surface area (Å²) >= 11 is 0. The zero-order valence-corrected chi connectivity index (χ0v) is 15.9. The maximum absolute atomic E-state index is 13.5. The van der Waals surface area contributed by atoms with Crippen LogP contribution in [0.2, 0.25) is 0 Å². The highest BCUT2D eigenvalue weighted by Crippen LogP contribution is 2.41. The van der Waals surface area contributed by atoms with Crippen molar-refractivity contribution in [1.82, 2.24) is 20.1 Å². The van der Waals surface area contributed by atoms with Gasteiger partial charge in [-0.1, -0.05) is 0 Å². The molecule has 1 fully saturated rings. The molecule has 148 valence electrons. The molecule has 1 unspecified atom stereocenters. The van der Waals surface area contributed by atoms with E-state index in [0.717, 1.165) is 49.3 Å². The Labute approximate surface area is 168 Å². The zero-order chi connectivity index (χ0) is 19.8. The standard InChI is InChI=1S/C21H22FN7/c22-18-6-5-16(9-15(18)10-23)25-11-13-1-3-14(4-2-13)19-20-17-7-8-24-21(17)26-12-29(20)28-27-19/h5-9,12-14,19,25,27-28H,1-4,11H2. The second kappa shape index (κ2) is 7.33. The maximum Gasteiger partial charge on any atom is 0.162 e. The van der Waals surface area contributed by atoms with Gasteiger partial charge in [0.2, 0.25) is 0 Å². The van der Waals surface area contributed by atoms with Gasteiger partial charge in [0.25, 0.3) is 0 Å². The molecule has 3 heterocycles. The van der Waals surface area contributed by atoms with E-state index in [-0.39, 0.29) is 11.6 Å². The third-order valence-corrected chi connectivity index (χ3v) is 6.19. The average molecular weight is 391 g/mol. The number of benzene rings is 1. The monoisotopic (exact) mass is 391 g/mol. The number of nitrogens with one attached hydrogen (secondary N) is 3. The molecule has 1 aromatic carbocycles. The summed E-state index contributed by atoms with van der Waals surface area (Å²) in [5.41, 5.74) is 9.83. The summed E-state index contributed by atoms with van der Waals surface area (Å²) in [7, 11) is 0. The van der Waals surface area contributed by atoms with Gasteiger partial charge in [0.1, 0.15) is 18.2 Å². The molecule has 3 N–H and O–H groups in total. The van der Waals surface area contributed by atoms with E-state index >= 15 is 0 Å². The fraction of sp³-hybridized carbons (Fsp3) is 0.381. The summed E-state index contributed by atoms with van der Waals surface area (Å²) in [5, 5.41) is 12.3. The van der Waals surface area contributed by atoms with Crippen molar-refractivity contribution in [3.05, 3.63) is 53.9 Å². The van der Waals surface area contributed by atoms with Crippen molar-refractivity contribution in [2.75, 3.05) is 17.4 Å². The summed E-state index contributed by atoms with van der Waals surface area (Å²) in [6, 6.07) is 8.78. The van der Waals surface area contributed by atoms with Gasteiger partial charge in [0.15, 0.2) is 5.82 Å². The minimum atomic E-state index is -0.473. The quantitative estimate of drug-likeness (QED) is 0.631. The number of aromatic nitrogens is 3. The summed E-state index contributed by atoms with van der Waals surface area (Å²) in [6.07, 6.45) is 8.13. The van der Waals surface area contributed by atoms with Crippen LogP contribution in [0.5, 0.6) is 0 Å². The van der Waals surface area contributed by atoms with Crippen LogP contribution in [-0.2, 0) is 0 Å². The highest BCUT2D eigenvalue weighted by atomic mass is 19.1. The van der Waals surface area contributed by atoms with Gasteiger partial charge in [-0.05, 0) is 61.8 Å². The first-order valence-corrected chi connectivity index (χ1v) is 10.00. The van der Waals surface area contributed by atoms with Crippen molar-refractivity contribution in [1.29, 1.82) is 5.26 Å². The van der Waals surface area contributed by atoms with E-state index in [0.29, 0.717) is 11.8 Å². The summed E-state index contributed by atoms with van der Waals surface area (Å²) < 4.78 is 15.4. The fourth-order valence-electron chi connectivity index (χ4n) is 4.60. The highest BCUT2D eigenvalue weighted by molar-refractivity contribution is 5.61. The molecule has 0 bridgehead atoms. The van der Waals surface area contributed by atoms with E-state index in [1.807, 2.05) is 23.0 Å². The third kappa shape index (κ3) is 3.28. The number of hydrogen-bond donors (Lipinski definition) is 3. The minimum absolute atomic E-state index is 0.0810. The first-order valence-electron chi connectivity index (χ1n) is 10.00. The molecule has 1 aliphatic carbocycles. The van der Waals surface area contributed by atoms with Gasteiger partial charge in [-0.2, -0.15) is 5.26 Å². The van der Waals surface area contributed by atoms with Crippen LogP contribution in [0.25, 0.3) is 11.4 Å². The van der Waals surface area contributed by atoms with Gasteiger partial charge in [-0.3, -0.25) is 5.53 Å². The van der Waals surface area contributed by atoms with Crippen molar-refractivity contribution in [3.8, 4) is 17.5 Å².